The van der Waals surface area contributed by atoms with Crippen molar-refractivity contribution in [2.24, 2.45) is 0 Å². The molecule has 0 unspecified atom stereocenters. The molecule has 3 rings (SSSR count). The van der Waals surface area contributed by atoms with Gasteiger partial charge in [-0.15, -0.1) is 0 Å². The molecule has 0 saturated heterocycles. The van der Waals surface area contributed by atoms with Crippen LogP contribution in [-0.4, -0.2) is 15.4 Å². The van der Waals surface area contributed by atoms with Crippen LogP contribution in [0.1, 0.15) is 12.0 Å². The van der Waals surface area contributed by atoms with E-state index in [1.807, 2.05) is 0 Å². The van der Waals surface area contributed by atoms with Crippen LogP contribution in [0.5, 0.6) is 5.75 Å². The molecule has 1 aromatic carbocycles. The van der Waals surface area contributed by atoms with E-state index in [2.05, 4.69) is 8.75 Å². The number of halogens is 2. The summed E-state index contributed by atoms with van der Waals surface area (Å²) in [6, 6.07) is 1.55. The van der Waals surface area contributed by atoms with Gasteiger partial charge in [-0.05, 0) is 24.5 Å². The highest BCUT2D eigenvalue weighted by molar-refractivity contribution is 6.99. The summed E-state index contributed by atoms with van der Waals surface area (Å²) in [4.78, 5) is 11.6. The van der Waals surface area contributed by atoms with Crippen LogP contribution in [0.2, 0.25) is 5.02 Å². The zero-order valence-electron chi connectivity index (χ0n) is 9.13. The summed E-state index contributed by atoms with van der Waals surface area (Å²) < 4.78 is 25.9. The lowest BCUT2D eigenvalue weighted by atomic mass is 10.00. The Balaban J connectivity index is 2.33. The van der Waals surface area contributed by atoms with Gasteiger partial charge in [0.25, 0.3) is 5.56 Å². The van der Waals surface area contributed by atoms with Gasteiger partial charge in [-0.2, -0.15) is 4.37 Å². The number of aromatic nitrogens is 2. The molecule has 0 atom stereocenters. The molecule has 0 spiro atoms. The average molecular weight is 287 g/mol. The molecule has 1 aliphatic heterocycles. The van der Waals surface area contributed by atoms with Crippen LogP contribution in [0.4, 0.5) is 4.39 Å². The first kappa shape index (κ1) is 11.7. The Bertz CT molecular complexity index is 668. The summed E-state index contributed by atoms with van der Waals surface area (Å²) in [6.45, 7) is 0.503. The van der Waals surface area contributed by atoms with Crippen molar-refractivity contribution >= 4 is 23.3 Å². The summed E-state index contributed by atoms with van der Waals surface area (Å²) in [7, 11) is 0. The Kier molecular flexibility index (Phi) is 2.83. The molecule has 0 saturated carbocycles. The standard InChI is InChI=1S/C11H8ClFN2O2S/c12-6-4-5-2-1-3-17-10(5)7(8(6)13)9-11(16)15-18-14-9/h4H,1-3H2,(H,15,16). The lowest BCUT2D eigenvalue weighted by molar-refractivity contribution is 0.288. The number of benzene rings is 1. The fourth-order valence-corrected chi connectivity index (χ4v) is 2.74. The number of fused-ring (bicyclic) bond motifs is 1. The Labute approximate surface area is 111 Å². The second-order valence-electron chi connectivity index (χ2n) is 3.95. The van der Waals surface area contributed by atoms with E-state index in [0.29, 0.717) is 12.4 Å². The summed E-state index contributed by atoms with van der Waals surface area (Å²) in [6.07, 6.45) is 1.60. The molecular formula is C11H8ClFN2O2S. The number of hydrogen-bond acceptors (Lipinski definition) is 4. The monoisotopic (exact) mass is 286 g/mol. The predicted molar refractivity (Wildman–Crippen MR) is 67.0 cm³/mol. The lowest BCUT2D eigenvalue weighted by Crippen LogP contribution is -2.13. The molecule has 18 heavy (non-hydrogen) atoms. The maximum atomic E-state index is 14.1. The van der Waals surface area contributed by atoms with Crippen molar-refractivity contribution in [1.29, 1.82) is 0 Å². The highest BCUT2D eigenvalue weighted by Gasteiger charge is 2.25. The van der Waals surface area contributed by atoms with Gasteiger partial charge in [0.2, 0.25) is 0 Å². The van der Waals surface area contributed by atoms with Gasteiger partial charge in [0, 0.05) is 11.7 Å². The normalized spacial score (nSPS) is 14.1. The summed E-state index contributed by atoms with van der Waals surface area (Å²) in [5.41, 5.74) is 0.477. The quantitative estimate of drug-likeness (QED) is 0.877. The summed E-state index contributed by atoms with van der Waals surface area (Å²) >= 11 is 6.73. The zero-order chi connectivity index (χ0) is 12.7. The third-order valence-electron chi connectivity index (χ3n) is 2.81. The molecular weight excluding hydrogens is 279 g/mol. The predicted octanol–water partition coefficient (Wildman–Crippen LogP) is 2.62. The zero-order valence-corrected chi connectivity index (χ0v) is 10.7. The molecule has 7 heteroatoms. The fraction of sp³-hybridized carbons (Fsp3) is 0.273. The number of rotatable bonds is 1. The second-order valence-corrected chi connectivity index (χ2v) is 4.93. The van der Waals surface area contributed by atoms with Crippen molar-refractivity contribution < 1.29 is 9.13 Å². The number of nitrogens with zero attached hydrogens (tertiary/aromatic N) is 1. The lowest BCUT2D eigenvalue weighted by Gasteiger charge is -2.20. The second kappa shape index (κ2) is 4.37. The first-order valence-corrected chi connectivity index (χ1v) is 6.52. The van der Waals surface area contributed by atoms with Gasteiger partial charge in [-0.1, -0.05) is 11.6 Å². The molecule has 0 amide bonds. The number of H-pyrrole nitrogens is 1. The van der Waals surface area contributed by atoms with Crippen LogP contribution in [0.25, 0.3) is 11.3 Å². The van der Waals surface area contributed by atoms with Gasteiger partial charge in [0.05, 0.1) is 17.2 Å². The largest absolute Gasteiger partial charge is 0.492 e. The molecule has 1 aromatic heterocycles. The molecule has 2 heterocycles. The van der Waals surface area contributed by atoms with E-state index in [0.717, 1.165) is 30.1 Å². The third-order valence-corrected chi connectivity index (χ3v) is 3.64. The topological polar surface area (TPSA) is 55.0 Å². The highest BCUT2D eigenvalue weighted by Crippen LogP contribution is 2.39. The molecule has 1 aliphatic rings. The van der Waals surface area contributed by atoms with Crippen molar-refractivity contribution in [3.63, 3.8) is 0 Å². The molecule has 0 bridgehead atoms. The van der Waals surface area contributed by atoms with E-state index in [1.54, 1.807) is 6.07 Å². The Hall–Kier alpha value is -1.40. The smallest absolute Gasteiger partial charge is 0.286 e. The van der Waals surface area contributed by atoms with Crippen LogP contribution in [-0.2, 0) is 6.42 Å². The van der Waals surface area contributed by atoms with Crippen LogP contribution in [0, 0.1) is 5.82 Å². The van der Waals surface area contributed by atoms with Gasteiger partial charge in [0.1, 0.15) is 5.75 Å². The molecule has 0 radical (unpaired) electrons. The average Bonchev–Trinajstić information content (AvgIpc) is 2.77. The van der Waals surface area contributed by atoms with E-state index in [1.165, 1.54) is 0 Å². The number of hydrogen-bond donors (Lipinski definition) is 1. The molecule has 0 fully saturated rings. The van der Waals surface area contributed by atoms with Crippen molar-refractivity contribution in [1.82, 2.24) is 8.75 Å². The van der Waals surface area contributed by atoms with Gasteiger partial charge in [0.15, 0.2) is 11.5 Å². The highest BCUT2D eigenvalue weighted by atomic mass is 35.5. The van der Waals surface area contributed by atoms with Crippen molar-refractivity contribution in [2.45, 2.75) is 12.8 Å². The molecule has 1 N–H and O–H groups in total. The summed E-state index contributed by atoms with van der Waals surface area (Å²) in [5, 5.41) is -0.0124. The molecule has 4 nitrogen and oxygen atoms in total. The number of aryl methyl sites for hydroxylation is 1. The Morgan fingerprint density at radius 2 is 2.39 bits per heavy atom. The number of aromatic amines is 1. The van der Waals surface area contributed by atoms with E-state index < -0.39 is 11.4 Å². The van der Waals surface area contributed by atoms with E-state index in [-0.39, 0.29) is 16.3 Å². The third kappa shape index (κ3) is 1.72. The van der Waals surface area contributed by atoms with Crippen LogP contribution in [0.3, 0.4) is 0 Å². The fourth-order valence-electron chi connectivity index (χ4n) is 2.02. The maximum Gasteiger partial charge on any atom is 0.286 e. The van der Waals surface area contributed by atoms with E-state index >= 15 is 0 Å². The molecule has 94 valence electrons. The summed E-state index contributed by atoms with van der Waals surface area (Å²) in [5.74, 6) is -0.270. The van der Waals surface area contributed by atoms with Crippen molar-refractivity contribution in [2.75, 3.05) is 6.61 Å². The Morgan fingerprint density at radius 3 is 3.11 bits per heavy atom. The van der Waals surface area contributed by atoms with Gasteiger partial charge in [-0.3, -0.25) is 9.17 Å². The minimum atomic E-state index is -0.659. The van der Waals surface area contributed by atoms with E-state index in [9.17, 15) is 9.18 Å². The van der Waals surface area contributed by atoms with Crippen LogP contribution >= 0.6 is 23.3 Å². The first-order chi connectivity index (χ1) is 8.68. The maximum absolute atomic E-state index is 14.1. The van der Waals surface area contributed by atoms with Gasteiger partial charge in [-0.25, -0.2) is 4.39 Å². The van der Waals surface area contributed by atoms with Crippen molar-refractivity contribution in [3.8, 4) is 17.0 Å². The minimum Gasteiger partial charge on any atom is -0.492 e. The SMILES string of the molecule is O=c1[nH]snc1-c1c(F)c(Cl)cc2c1OCCC2. The van der Waals surface area contributed by atoms with Gasteiger partial charge < -0.3 is 4.74 Å². The first-order valence-electron chi connectivity index (χ1n) is 5.37. The van der Waals surface area contributed by atoms with Crippen LogP contribution in [0.15, 0.2) is 10.9 Å². The van der Waals surface area contributed by atoms with Crippen molar-refractivity contribution in [3.05, 3.63) is 32.8 Å². The van der Waals surface area contributed by atoms with Crippen LogP contribution < -0.4 is 10.3 Å². The van der Waals surface area contributed by atoms with E-state index in [4.69, 9.17) is 16.3 Å². The molecule has 0 aliphatic carbocycles. The number of nitrogens with one attached hydrogen (secondary N) is 1. The minimum absolute atomic E-state index is 0.0124. The number of ether oxygens (including phenoxy) is 1. The Morgan fingerprint density at radius 1 is 1.56 bits per heavy atom. The molecule has 2 aromatic rings. The van der Waals surface area contributed by atoms with Gasteiger partial charge >= 0.3 is 0 Å².